The molecule has 8 aromatic carbocycles. The summed E-state index contributed by atoms with van der Waals surface area (Å²) < 4.78 is 29.2. The van der Waals surface area contributed by atoms with Gasteiger partial charge in [0.05, 0.1) is 0 Å². The third-order valence-corrected chi connectivity index (χ3v) is 11.0. The molecule has 13 aromatic rings. The summed E-state index contributed by atoms with van der Waals surface area (Å²) in [5.41, 5.74) is 43.3. The summed E-state index contributed by atoms with van der Waals surface area (Å²) >= 11 is 0. The van der Waals surface area contributed by atoms with Crippen LogP contribution in [0.15, 0.2) is 204 Å². The third kappa shape index (κ3) is 14.8. The standard InChI is InChI=1S/2C21H14N2O2.C14H11NO.6CH5N/c1-13-6-11-17-19(12-13)25-21(23-17)15-9-7-14(8-10-15)20-22-16-4-2-3-5-18(16)24-20;1-13-7-9-15(10-8-13)21-23-17-12-18-16(11-19(17)25-21)22-20(24-18)14-5-3-2-4-6-14;1-10-7-8-12-13(9-10)16-14(15-12)11-5-3-2-4-6-11;6*1-2/h2*2-12H,1H3;2-9H,1H3;6*2H2,1H3. The molecule has 0 aliphatic rings. The molecule has 0 fully saturated rings. The van der Waals surface area contributed by atoms with Gasteiger partial charge in [-0.25, -0.2) is 24.9 Å². The van der Waals surface area contributed by atoms with Gasteiger partial charge in [-0.2, -0.15) is 0 Å². The summed E-state index contributed by atoms with van der Waals surface area (Å²) in [4.78, 5) is 22.7. The van der Waals surface area contributed by atoms with Gasteiger partial charge < -0.3 is 56.5 Å². The number of hydrogen-bond acceptors (Lipinski definition) is 16. The first kappa shape index (κ1) is 59.7. The van der Waals surface area contributed by atoms with Crippen molar-refractivity contribution in [1.82, 2.24) is 24.9 Å². The predicted molar refractivity (Wildman–Crippen MR) is 319 cm³/mol. The van der Waals surface area contributed by atoms with Gasteiger partial charge in [-0.05, 0) is 171 Å². The second-order valence-electron chi connectivity index (χ2n) is 16.0. The minimum atomic E-state index is 0.599. The van der Waals surface area contributed by atoms with Crippen LogP contribution in [0, 0.1) is 20.8 Å². The number of fused-ring (bicyclic) bond motifs is 5. The highest BCUT2D eigenvalue weighted by Crippen LogP contribution is 2.32. The van der Waals surface area contributed by atoms with Crippen LogP contribution < -0.4 is 34.4 Å². The molecule has 16 heteroatoms. The lowest BCUT2D eigenvalue weighted by Gasteiger charge is -1.97. The molecule has 5 aromatic heterocycles. The van der Waals surface area contributed by atoms with Crippen molar-refractivity contribution in [3.8, 4) is 57.3 Å². The molecular weight excluding hydrogens is 979 g/mol. The van der Waals surface area contributed by atoms with E-state index in [0.29, 0.717) is 40.6 Å². The van der Waals surface area contributed by atoms with E-state index in [1.807, 2.05) is 196 Å². The second-order valence-corrected chi connectivity index (χ2v) is 16.0. The molecule has 0 aliphatic heterocycles. The van der Waals surface area contributed by atoms with Crippen molar-refractivity contribution < 1.29 is 22.1 Å². The Labute approximate surface area is 454 Å². The van der Waals surface area contributed by atoms with Gasteiger partial charge in [-0.3, -0.25) is 0 Å². The van der Waals surface area contributed by atoms with Crippen molar-refractivity contribution in [1.29, 1.82) is 0 Å². The molecule has 0 saturated carbocycles. The second kappa shape index (κ2) is 30.4. The number of hydrogen-bond donors (Lipinski definition) is 6. The Bertz CT molecular complexity index is 3730. The van der Waals surface area contributed by atoms with Gasteiger partial charge in [0.25, 0.3) is 0 Å². The Kier molecular flexibility index (Phi) is 23.3. The minimum Gasteiger partial charge on any atom is -0.436 e. The predicted octanol–water partition coefficient (Wildman–Crippen LogP) is 12.5. The molecule has 0 radical (unpaired) electrons. The van der Waals surface area contributed by atoms with Gasteiger partial charge in [-0.1, -0.05) is 78.4 Å². The van der Waals surface area contributed by atoms with Crippen LogP contribution >= 0.6 is 0 Å². The molecule has 12 N–H and O–H groups in total. The first-order valence-electron chi connectivity index (χ1n) is 24.9. The van der Waals surface area contributed by atoms with E-state index in [0.717, 1.165) is 77.7 Å². The lowest BCUT2D eigenvalue weighted by molar-refractivity contribution is 0.617. The quantitative estimate of drug-likeness (QED) is 0.0934. The van der Waals surface area contributed by atoms with E-state index < -0.39 is 0 Å². The van der Waals surface area contributed by atoms with Crippen molar-refractivity contribution in [2.75, 3.05) is 42.3 Å². The molecule has 0 saturated heterocycles. The first-order chi connectivity index (χ1) is 38.3. The van der Waals surface area contributed by atoms with E-state index in [1.54, 1.807) is 0 Å². The number of nitrogens with zero attached hydrogens (tertiary/aromatic N) is 5. The molecule has 13 rings (SSSR count). The topological polar surface area (TPSA) is 286 Å². The van der Waals surface area contributed by atoms with Gasteiger partial charge in [-0.15, -0.1) is 0 Å². The molecule has 0 unspecified atom stereocenters. The van der Waals surface area contributed by atoms with Crippen LogP contribution in [0.5, 0.6) is 0 Å². The number of oxazole rings is 5. The third-order valence-electron chi connectivity index (χ3n) is 11.0. The average Bonchev–Trinajstić information content (AvgIpc) is 4.39. The van der Waals surface area contributed by atoms with Gasteiger partial charge in [0.15, 0.2) is 27.9 Å². The Balaban J connectivity index is 0.000000200. The van der Waals surface area contributed by atoms with E-state index in [2.05, 4.69) is 66.2 Å². The van der Waals surface area contributed by atoms with E-state index in [1.165, 1.54) is 53.4 Å². The summed E-state index contributed by atoms with van der Waals surface area (Å²) in [6.07, 6.45) is 0. The fourth-order valence-corrected chi connectivity index (χ4v) is 7.52. The van der Waals surface area contributed by atoms with Crippen LogP contribution in [-0.4, -0.2) is 67.2 Å². The molecule has 5 heterocycles. The lowest BCUT2D eigenvalue weighted by atomic mass is 10.1. The summed E-state index contributed by atoms with van der Waals surface area (Å²) in [7, 11) is 9.00. The van der Waals surface area contributed by atoms with Crippen molar-refractivity contribution in [2.24, 2.45) is 34.4 Å². The van der Waals surface area contributed by atoms with Crippen molar-refractivity contribution in [3.05, 3.63) is 199 Å². The van der Waals surface area contributed by atoms with E-state index >= 15 is 0 Å². The number of aryl methyl sites for hydroxylation is 3. The van der Waals surface area contributed by atoms with Gasteiger partial charge >= 0.3 is 0 Å². The van der Waals surface area contributed by atoms with Crippen LogP contribution in [0.3, 0.4) is 0 Å². The van der Waals surface area contributed by atoms with Gasteiger partial charge in [0, 0.05) is 39.9 Å². The van der Waals surface area contributed by atoms with E-state index in [-0.39, 0.29) is 0 Å². The fraction of sp³-hybridized carbons (Fsp3) is 0.145. The van der Waals surface area contributed by atoms with Crippen LogP contribution in [0.2, 0.25) is 0 Å². The van der Waals surface area contributed by atoms with Gasteiger partial charge in [0.1, 0.15) is 27.6 Å². The minimum absolute atomic E-state index is 0.599. The number of para-hydroxylation sites is 2. The number of aromatic nitrogens is 5. The Morgan fingerprint density at radius 3 is 0.846 bits per heavy atom. The normalized spacial score (nSPS) is 9.99. The van der Waals surface area contributed by atoms with E-state index in [9.17, 15) is 0 Å². The molecule has 402 valence electrons. The van der Waals surface area contributed by atoms with E-state index in [4.69, 9.17) is 22.1 Å². The largest absolute Gasteiger partial charge is 0.436 e. The smallest absolute Gasteiger partial charge is 0.227 e. The summed E-state index contributed by atoms with van der Waals surface area (Å²) in [5.74, 6) is 3.11. The summed E-state index contributed by atoms with van der Waals surface area (Å²) in [5, 5.41) is 0. The van der Waals surface area contributed by atoms with Crippen LogP contribution in [0.4, 0.5) is 0 Å². The molecule has 0 amide bonds. The Morgan fingerprint density at radius 1 is 0.231 bits per heavy atom. The zero-order valence-corrected chi connectivity index (χ0v) is 45.6. The lowest BCUT2D eigenvalue weighted by Crippen LogP contribution is -1.80. The molecule has 0 bridgehead atoms. The van der Waals surface area contributed by atoms with Crippen molar-refractivity contribution in [3.63, 3.8) is 0 Å². The maximum absolute atomic E-state index is 5.92. The Morgan fingerprint density at radius 2 is 0.487 bits per heavy atom. The molecule has 16 nitrogen and oxygen atoms in total. The molecule has 0 atom stereocenters. The van der Waals surface area contributed by atoms with Crippen LogP contribution in [0.25, 0.3) is 113 Å². The SMILES string of the molecule is CN.CN.CN.CN.CN.CN.Cc1ccc(-c2nc3cc4oc(-c5ccccc5)nc4cc3o2)cc1.Cc1ccc2nc(-c3ccc(-c4nc5ccccc5o4)cc3)oc2c1.Cc1ccc2nc(-c3ccccc3)oc2c1. The molecular formula is C62H69N11O5. The summed E-state index contributed by atoms with van der Waals surface area (Å²) in [6.45, 7) is 6.14. The monoisotopic (exact) mass is 1050 g/mol. The zero-order valence-electron chi connectivity index (χ0n) is 45.6. The molecule has 0 spiro atoms. The fourth-order valence-electron chi connectivity index (χ4n) is 7.52. The number of benzene rings is 8. The molecule has 0 aliphatic carbocycles. The summed E-state index contributed by atoms with van der Waals surface area (Å²) in [6, 6.07) is 59.3. The maximum Gasteiger partial charge on any atom is 0.227 e. The average molecular weight is 1050 g/mol. The zero-order chi connectivity index (χ0) is 56.6. The van der Waals surface area contributed by atoms with Gasteiger partial charge in [0.2, 0.25) is 29.5 Å². The highest BCUT2D eigenvalue weighted by atomic mass is 16.4. The van der Waals surface area contributed by atoms with Crippen molar-refractivity contribution >= 4 is 55.5 Å². The van der Waals surface area contributed by atoms with Crippen molar-refractivity contribution in [2.45, 2.75) is 20.8 Å². The highest BCUT2D eigenvalue weighted by molar-refractivity contribution is 5.91. The number of rotatable bonds is 5. The number of nitrogens with two attached hydrogens (primary N) is 6. The maximum atomic E-state index is 5.92. The van der Waals surface area contributed by atoms with Crippen LogP contribution in [-0.2, 0) is 0 Å². The van der Waals surface area contributed by atoms with Crippen LogP contribution in [0.1, 0.15) is 16.7 Å². The molecule has 78 heavy (non-hydrogen) atoms. The first-order valence-corrected chi connectivity index (χ1v) is 24.9. The highest BCUT2D eigenvalue weighted by Gasteiger charge is 2.15. The Hall–Kier alpha value is -9.13.